The minimum atomic E-state index is 0.0287. The van der Waals surface area contributed by atoms with Crippen LogP contribution in [-0.4, -0.2) is 48.3 Å². The molecule has 2 aliphatic heterocycles. The molecule has 188 valence electrons. The van der Waals surface area contributed by atoms with Gasteiger partial charge in [0.1, 0.15) is 0 Å². The molecule has 1 saturated heterocycles. The van der Waals surface area contributed by atoms with E-state index in [9.17, 15) is 4.79 Å². The van der Waals surface area contributed by atoms with E-state index in [-0.39, 0.29) is 11.9 Å². The number of carbonyl (C=O) groups excluding carboxylic acids is 1. The SMILES string of the molecule is O=C(N[C@H]1CC[C@H](CCN2CCC(c3cccc4c3OCO4)CC2)CC1)c1ccnc2ccccc12. The normalized spacial score (nSPS) is 22.6. The van der Waals surface area contributed by atoms with Gasteiger partial charge in [0.2, 0.25) is 6.79 Å². The van der Waals surface area contributed by atoms with Crippen molar-refractivity contribution < 1.29 is 14.3 Å². The summed E-state index contributed by atoms with van der Waals surface area (Å²) >= 11 is 0. The molecule has 1 saturated carbocycles. The summed E-state index contributed by atoms with van der Waals surface area (Å²) in [6, 6.07) is 16.3. The van der Waals surface area contributed by atoms with Gasteiger partial charge in [0, 0.05) is 23.2 Å². The number of aromatic nitrogens is 1. The van der Waals surface area contributed by atoms with E-state index in [0.29, 0.717) is 12.7 Å². The lowest BCUT2D eigenvalue weighted by Crippen LogP contribution is -2.38. The predicted molar refractivity (Wildman–Crippen MR) is 141 cm³/mol. The number of para-hydroxylation sites is 2. The lowest BCUT2D eigenvalue weighted by Gasteiger charge is -2.34. The quantitative estimate of drug-likeness (QED) is 0.498. The highest BCUT2D eigenvalue weighted by atomic mass is 16.7. The fourth-order valence-corrected chi connectivity index (χ4v) is 6.26. The summed E-state index contributed by atoms with van der Waals surface area (Å²) in [7, 11) is 0. The Bertz CT molecular complexity index is 1210. The van der Waals surface area contributed by atoms with Gasteiger partial charge in [0.05, 0.1) is 11.1 Å². The zero-order valence-electron chi connectivity index (χ0n) is 20.8. The molecule has 2 fully saturated rings. The van der Waals surface area contributed by atoms with Gasteiger partial charge in [-0.15, -0.1) is 0 Å². The van der Waals surface area contributed by atoms with E-state index in [1.807, 2.05) is 36.4 Å². The van der Waals surface area contributed by atoms with Crippen LogP contribution in [0.2, 0.25) is 0 Å². The molecule has 6 heteroatoms. The topological polar surface area (TPSA) is 63.7 Å². The van der Waals surface area contributed by atoms with Crippen LogP contribution in [0.4, 0.5) is 0 Å². The number of carbonyl (C=O) groups is 1. The van der Waals surface area contributed by atoms with Crippen molar-refractivity contribution in [2.45, 2.75) is 56.9 Å². The first-order chi connectivity index (χ1) is 17.7. The van der Waals surface area contributed by atoms with E-state index in [1.54, 1.807) is 6.20 Å². The van der Waals surface area contributed by atoms with Gasteiger partial charge in [-0.1, -0.05) is 30.3 Å². The number of rotatable bonds is 6. The third-order valence-corrected chi connectivity index (χ3v) is 8.38. The smallest absolute Gasteiger partial charge is 0.252 e. The van der Waals surface area contributed by atoms with Crippen molar-refractivity contribution in [3.05, 3.63) is 65.9 Å². The first-order valence-electron chi connectivity index (χ1n) is 13.5. The molecule has 3 aliphatic rings. The number of amides is 1. The zero-order chi connectivity index (χ0) is 24.3. The van der Waals surface area contributed by atoms with E-state index >= 15 is 0 Å². The Morgan fingerprint density at radius 1 is 0.944 bits per heavy atom. The van der Waals surface area contributed by atoms with Gasteiger partial charge in [-0.2, -0.15) is 0 Å². The zero-order valence-corrected chi connectivity index (χ0v) is 20.8. The van der Waals surface area contributed by atoms with E-state index in [0.717, 1.165) is 59.8 Å². The maximum absolute atomic E-state index is 13.0. The molecular formula is C30H35N3O3. The summed E-state index contributed by atoms with van der Waals surface area (Å²) in [6.45, 7) is 3.84. The molecular weight excluding hydrogens is 450 g/mol. The molecule has 0 unspecified atom stereocenters. The van der Waals surface area contributed by atoms with Crippen molar-refractivity contribution in [2.75, 3.05) is 26.4 Å². The van der Waals surface area contributed by atoms with Crippen LogP contribution >= 0.6 is 0 Å². The molecule has 2 aromatic carbocycles. The van der Waals surface area contributed by atoms with E-state index in [4.69, 9.17) is 9.47 Å². The Kier molecular flexibility index (Phi) is 6.77. The fourth-order valence-electron chi connectivity index (χ4n) is 6.26. The highest BCUT2D eigenvalue weighted by Crippen LogP contribution is 2.42. The molecule has 1 amide bonds. The summed E-state index contributed by atoms with van der Waals surface area (Å²) in [4.78, 5) is 20.0. The van der Waals surface area contributed by atoms with Gasteiger partial charge < -0.3 is 19.7 Å². The van der Waals surface area contributed by atoms with Gasteiger partial charge in [-0.05, 0) is 94.6 Å². The number of nitrogens with one attached hydrogen (secondary N) is 1. The maximum Gasteiger partial charge on any atom is 0.252 e. The number of nitrogens with zero attached hydrogens (tertiary/aromatic N) is 2. The largest absolute Gasteiger partial charge is 0.454 e. The van der Waals surface area contributed by atoms with Crippen LogP contribution < -0.4 is 14.8 Å². The molecule has 3 aromatic rings. The molecule has 1 aliphatic carbocycles. The lowest BCUT2D eigenvalue weighted by atomic mass is 9.83. The molecule has 36 heavy (non-hydrogen) atoms. The second-order valence-corrected chi connectivity index (χ2v) is 10.6. The van der Waals surface area contributed by atoms with Crippen LogP contribution in [0.1, 0.15) is 66.8 Å². The van der Waals surface area contributed by atoms with Crippen molar-refractivity contribution in [1.82, 2.24) is 15.2 Å². The van der Waals surface area contributed by atoms with E-state index in [2.05, 4.69) is 27.3 Å². The number of likely N-dealkylation sites (tertiary alicyclic amines) is 1. The highest BCUT2D eigenvalue weighted by molar-refractivity contribution is 6.06. The molecule has 0 bridgehead atoms. The van der Waals surface area contributed by atoms with Crippen LogP contribution in [-0.2, 0) is 0 Å². The number of hydrogen-bond acceptors (Lipinski definition) is 5. The molecule has 0 spiro atoms. The van der Waals surface area contributed by atoms with Crippen LogP contribution in [0.25, 0.3) is 10.9 Å². The molecule has 0 radical (unpaired) electrons. The van der Waals surface area contributed by atoms with Gasteiger partial charge in [-0.3, -0.25) is 9.78 Å². The van der Waals surface area contributed by atoms with E-state index in [1.165, 1.54) is 44.2 Å². The summed E-state index contributed by atoms with van der Waals surface area (Å²) in [5, 5.41) is 4.22. The molecule has 1 aromatic heterocycles. The van der Waals surface area contributed by atoms with Crippen molar-refractivity contribution in [3.63, 3.8) is 0 Å². The summed E-state index contributed by atoms with van der Waals surface area (Å²) in [5.41, 5.74) is 2.92. The highest BCUT2D eigenvalue weighted by Gasteiger charge is 2.28. The third kappa shape index (κ3) is 4.92. The van der Waals surface area contributed by atoms with Crippen LogP contribution in [0, 0.1) is 5.92 Å². The summed E-state index contributed by atoms with van der Waals surface area (Å²) < 4.78 is 11.3. The van der Waals surface area contributed by atoms with Crippen LogP contribution in [0.3, 0.4) is 0 Å². The average molecular weight is 486 g/mol. The summed E-state index contributed by atoms with van der Waals surface area (Å²) in [6.07, 6.45) is 9.90. The first kappa shape index (κ1) is 23.3. The minimum Gasteiger partial charge on any atom is -0.454 e. The molecule has 3 heterocycles. The van der Waals surface area contributed by atoms with Crippen molar-refractivity contribution in [2.24, 2.45) is 5.92 Å². The second kappa shape index (κ2) is 10.5. The lowest BCUT2D eigenvalue weighted by molar-refractivity contribution is 0.0920. The summed E-state index contributed by atoms with van der Waals surface area (Å²) in [5.74, 6) is 3.23. The molecule has 1 N–H and O–H groups in total. The molecule has 6 rings (SSSR count). The van der Waals surface area contributed by atoms with Crippen molar-refractivity contribution in [3.8, 4) is 11.5 Å². The van der Waals surface area contributed by atoms with Gasteiger partial charge in [0.25, 0.3) is 5.91 Å². The first-order valence-corrected chi connectivity index (χ1v) is 13.5. The Balaban J connectivity index is 0.942. The number of pyridine rings is 1. The maximum atomic E-state index is 13.0. The van der Waals surface area contributed by atoms with Gasteiger partial charge in [0.15, 0.2) is 11.5 Å². The van der Waals surface area contributed by atoms with Crippen LogP contribution in [0.5, 0.6) is 11.5 Å². The Hall–Kier alpha value is -3.12. The minimum absolute atomic E-state index is 0.0287. The molecule has 6 nitrogen and oxygen atoms in total. The number of hydrogen-bond donors (Lipinski definition) is 1. The number of ether oxygens (including phenoxy) is 2. The van der Waals surface area contributed by atoms with Gasteiger partial charge in [-0.25, -0.2) is 0 Å². The average Bonchev–Trinajstić information content (AvgIpc) is 3.42. The number of benzene rings is 2. The number of piperidine rings is 1. The second-order valence-electron chi connectivity index (χ2n) is 10.6. The standard InChI is InChI=1S/C30H35N3O3/c34-30(26-12-16-31-27-6-2-1-4-25(26)27)32-23-10-8-21(9-11-23)13-17-33-18-14-22(15-19-33)24-5-3-7-28-29(24)36-20-35-28/h1-7,12,16,21-23H,8-11,13-15,17-20H2,(H,32,34)/t21-,23-. The predicted octanol–water partition coefficient (Wildman–Crippen LogP) is 5.52. The monoisotopic (exact) mass is 485 g/mol. The fraction of sp³-hybridized carbons (Fsp3) is 0.467. The van der Waals surface area contributed by atoms with E-state index < -0.39 is 0 Å². The molecule has 0 atom stereocenters. The van der Waals surface area contributed by atoms with Gasteiger partial charge >= 0.3 is 0 Å². The third-order valence-electron chi connectivity index (χ3n) is 8.38. The van der Waals surface area contributed by atoms with Crippen LogP contribution in [0.15, 0.2) is 54.7 Å². The van der Waals surface area contributed by atoms with Crippen molar-refractivity contribution in [1.29, 1.82) is 0 Å². The Labute approximate surface area is 213 Å². The number of fused-ring (bicyclic) bond motifs is 2. The van der Waals surface area contributed by atoms with Crippen molar-refractivity contribution >= 4 is 16.8 Å². The Morgan fingerprint density at radius 3 is 2.64 bits per heavy atom. The Morgan fingerprint density at radius 2 is 1.78 bits per heavy atom.